The molecule has 2 aromatic carbocycles. The first-order chi connectivity index (χ1) is 22.2. The van der Waals surface area contributed by atoms with E-state index in [1.807, 2.05) is 54.7 Å². The Bertz CT molecular complexity index is 1970. The Morgan fingerprint density at radius 3 is 2.28 bits per heavy atom. The zero-order valence-electron chi connectivity index (χ0n) is 23.6. The number of aryl methyl sites for hydroxylation is 2. The quantitative estimate of drug-likeness (QED) is 0.140. The first-order valence-electron chi connectivity index (χ1n) is 13.4. The van der Waals surface area contributed by atoms with E-state index in [1.54, 1.807) is 16.9 Å². The zero-order valence-corrected chi connectivity index (χ0v) is 24.3. The molecule has 1 amide bonds. The van der Waals surface area contributed by atoms with Crippen molar-refractivity contribution < 1.29 is 40.7 Å². The highest BCUT2D eigenvalue weighted by Gasteiger charge is 2.54. The monoisotopic (exact) mass is 675 g/mol. The normalized spacial score (nSPS) is 12.6. The fraction of sp³-hybridized carbons (Fsp3) is 0.133. The Morgan fingerprint density at radius 1 is 0.830 bits per heavy atom. The lowest BCUT2D eigenvalue weighted by molar-refractivity contribution is -0.193. The summed E-state index contributed by atoms with van der Waals surface area (Å²) >= 11 is 6.36. The van der Waals surface area contributed by atoms with Crippen molar-refractivity contribution >= 4 is 63.4 Å². The maximum atomic E-state index is 13.2. The van der Waals surface area contributed by atoms with Gasteiger partial charge in [0.15, 0.2) is 5.82 Å². The minimum absolute atomic E-state index is 0.208. The van der Waals surface area contributed by atoms with Crippen molar-refractivity contribution in [2.75, 3.05) is 16.0 Å². The second-order valence-electron chi connectivity index (χ2n) is 9.91. The van der Waals surface area contributed by atoms with Crippen LogP contribution in [0.25, 0.3) is 5.52 Å². The molecule has 6 bridgehead atoms. The lowest BCUT2D eigenvalue weighted by atomic mass is 10.0. The van der Waals surface area contributed by atoms with E-state index >= 15 is 0 Å². The summed E-state index contributed by atoms with van der Waals surface area (Å²) in [5, 5.41) is 14.3. The van der Waals surface area contributed by atoms with E-state index in [0.29, 0.717) is 22.4 Å². The first-order valence-corrected chi connectivity index (χ1v) is 13.8. The summed E-state index contributed by atoms with van der Waals surface area (Å²) in [4.78, 5) is 41.2. The number of aromatic nitrogens is 4. The van der Waals surface area contributed by atoms with Gasteiger partial charge in [0.05, 0.1) is 23.5 Å². The van der Waals surface area contributed by atoms with Gasteiger partial charge in [0.1, 0.15) is 5.02 Å². The maximum Gasteiger partial charge on any atom is 0.458 e. The third-order valence-corrected chi connectivity index (χ3v) is 6.90. The molecule has 6 rings (SSSR count). The van der Waals surface area contributed by atoms with E-state index in [4.69, 9.17) is 11.6 Å². The van der Waals surface area contributed by atoms with Gasteiger partial charge in [0.2, 0.25) is 5.95 Å². The molecule has 3 N–H and O–H groups in total. The van der Waals surface area contributed by atoms with Gasteiger partial charge >= 0.3 is 23.9 Å². The highest BCUT2D eigenvalue weighted by molar-refractivity contribution is 6.41. The number of nitrogens with zero attached hydrogens (tertiary/aromatic N) is 4. The number of ketones is 2. The van der Waals surface area contributed by atoms with Gasteiger partial charge in [-0.25, -0.2) is 9.50 Å². The first kappa shape index (κ1) is 32.9. The van der Waals surface area contributed by atoms with Gasteiger partial charge in [-0.15, -0.1) is 0 Å². The molecule has 0 saturated carbocycles. The fourth-order valence-corrected chi connectivity index (χ4v) is 4.56. The van der Waals surface area contributed by atoms with E-state index in [2.05, 4.69) is 43.1 Å². The molecule has 0 atom stereocenters. The van der Waals surface area contributed by atoms with E-state index in [9.17, 15) is 40.7 Å². The molecular formula is C30H20ClF6N7O3. The predicted molar refractivity (Wildman–Crippen MR) is 159 cm³/mol. The number of rotatable bonds is 3. The molecule has 5 aromatic rings. The van der Waals surface area contributed by atoms with Crippen LogP contribution >= 0.6 is 11.6 Å². The minimum Gasteiger partial charge on any atom is -0.339 e. The van der Waals surface area contributed by atoms with Crippen molar-refractivity contribution in [2.45, 2.75) is 25.2 Å². The molecule has 0 saturated heterocycles. The Kier molecular flexibility index (Phi) is 9.15. The van der Waals surface area contributed by atoms with Gasteiger partial charge in [-0.05, 0) is 66.4 Å². The van der Waals surface area contributed by atoms with E-state index in [1.165, 1.54) is 0 Å². The van der Waals surface area contributed by atoms with Crippen LogP contribution in [-0.2, 0) is 22.4 Å². The molecule has 10 nitrogen and oxygen atoms in total. The van der Waals surface area contributed by atoms with Crippen molar-refractivity contribution in [2.24, 2.45) is 0 Å². The number of Topliss-reactive ketones (excluding diaryl/α,β-unsaturated/α-hetero) is 2. The molecule has 0 unspecified atom stereocenters. The molecule has 3 aromatic heterocycles. The number of pyridine rings is 1. The summed E-state index contributed by atoms with van der Waals surface area (Å²) in [6, 6.07) is 19.6. The number of anilines is 5. The molecule has 47 heavy (non-hydrogen) atoms. The van der Waals surface area contributed by atoms with Crippen molar-refractivity contribution in [1.29, 1.82) is 0 Å². The summed E-state index contributed by atoms with van der Waals surface area (Å²) in [5.74, 6) is -6.08. The standard InChI is InChI=1S/C26H20ClN7O.C4F6O2/c27-21-15-28-26-31-18-5-3-4-16(12-18)7-8-17-13-19(30-24(21)33-26)9-10-22(17)32-25(35)20-14-29-34-11-2-1-6-23(20)34;5-3(6,7)1(11)2(12)4(8,9)10/h1-6,9-15H,7-8H2,(H,32,35)(H2,28,30,31,33);. The van der Waals surface area contributed by atoms with Crippen molar-refractivity contribution in [3.05, 3.63) is 101 Å². The van der Waals surface area contributed by atoms with Gasteiger partial charge in [-0.2, -0.15) is 36.4 Å². The topological polar surface area (TPSA) is 130 Å². The molecule has 17 heteroatoms. The molecule has 0 fully saturated rings. The van der Waals surface area contributed by atoms with Crippen molar-refractivity contribution in [3.8, 4) is 0 Å². The van der Waals surface area contributed by atoms with Crippen LogP contribution in [0, 0.1) is 0 Å². The number of carbonyl (C=O) groups excluding carboxylic acids is 3. The largest absolute Gasteiger partial charge is 0.458 e. The summed E-state index contributed by atoms with van der Waals surface area (Å²) < 4.78 is 68.6. The third-order valence-electron chi connectivity index (χ3n) is 6.62. The van der Waals surface area contributed by atoms with Crippen molar-refractivity contribution in [3.63, 3.8) is 0 Å². The average molecular weight is 676 g/mol. The molecular weight excluding hydrogens is 656 g/mol. The van der Waals surface area contributed by atoms with Crippen LogP contribution in [0.4, 0.5) is 55.2 Å². The van der Waals surface area contributed by atoms with Crippen LogP contribution in [0.3, 0.4) is 0 Å². The Labute approximate surface area is 265 Å². The van der Waals surface area contributed by atoms with Crippen LogP contribution < -0.4 is 16.0 Å². The van der Waals surface area contributed by atoms with Gasteiger partial charge in [0, 0.05) is 23.3 Å². The fourth-order valence-electron chi connectivity index (χ4n) is 4.42. The summed E-state index contributed by atoms with van der Waals surface area (Å²) in [6.07, 6.45) is -5.06. The number of hydrogen-bond donors (Lipinski definition) is 3. The van der Waals surface area contributed by atoms with Gasteiger partial charge in [0.25, 0.3) is 5.91 Å². The van der Waals surface area contributed by atoms with Gasteiger partial charge in [-0.3, -0.25) is 14.4 Å². The third kappa shape index (κ3) is 7.84. The van der Waals surface area contributed by atoms with E-state index in [-0.39, 0.29) is 5.91 Å². The average Bonchev–Trinajstić information content (AvgIpc) is 3.46. The predicted octanol–water partition coefficient (Wildman–Crippen LogP) is 6.87. The van der Waals surface area contributed by atoms with Crippen LogP contribution in [0.1, 0.15) is 21.5 Å². The van der Waals surface area contributed by atoms with Gasteiger partial charge in [-0.1, -0.05) is 29.8 Å². The van der Waals surface area contributed by atoms with Crippen LogP contribution in [0.5, 0.6) is 0 Å². The second-order valence-corrected chi connectivity index (χ2v) is 10.3. The molecule has 0 spiro atoms. The number of fused-ring (bicyclic) bond motifs is 7. The summed E-state index contributed by atoms with van der Waals surface area (Å²) in [6.45, 7) is 0. The van der Waals surface area contributed by atoms with Crippen LogP contribution in [0.15, 0.2) is 79.3 Å². The number of carbonyl (C=O) groups is 3. The maximum absolute atomic E-state index is 13.2. The molecule has 0 aliphatic carbocycles. The molecule has 4 heterocycles. The minimum atomic E-state index is -5.77. The van der Waals surface area contributed by atoms with E-state index in [0.717, 1.165) is 46.5 Å². The smallest absolute Gasteiger partial charge is 0.339 e. The number of halogens is 7. The molecule has 1 aliphatic heterocycles. The van der Waals surface area contributed by atoms with Gasteiger partial charge < -0.3 is 16.0 Å². The summed E-state index contributed by atoms with van der Waals surface area (Å²) in [5.41, 5.74) is 5.86. The Hall–Kier alpha value is -5.51. The second kappa shape index (κ2) is 13.1. The Morgan fingerprint density at radius 2 is 1.55 bits per heavy atom. The lowest BCUT2D eigenvalue weighted by Crippen LogP contribution is -2.39. The van der Waals surface area contributed by atoms with Crippen LogP contribution in [-0.4, -0.2) is 49.4 Å². The highest BCUT2D eigenvalue weighted by Crippen LogP contribution is 2.30. The lowest BCUT2D eigenvalue weighted by Gasteiger charge is -2.14. The molecule has 1 aliphatic rings. The zero-order chi connectivity index (χ0) is 33.9. The molecule has 242 valence electrons. The Balaban J connectivity index is 0.000000310. The summed E-state index contributed by atoms with van der Waals surface area (Å²) in [7, 11) is 0. The van der Waals surface area contributed by atoms with Crippen LogP contribution in [0.2, 0.25) is 5.02 Å². The SMILES string of the molecule is O=C(C(=O)C(F)(F)F)C(F)(F)F.O=C(Nc1ccc2cc1CCc1cccc(c1)Nc1ncc(Cl)c(n1)N2)c1cnn2ccccc12. The number of amides is 1. The number of hydrogen-bond acceptors (Lipinski definition) is 8. The molecule has 0 radical (unpaired) electrons. The van der Waals surface area contributed by atoms with E-state index < -0.39 is 23.9 Å². The number of alkyl halides is 6. The van der Waals surface area contributed by atoms with Crippen molar-refractivity contribution in [1.82, 2.24) is 19.6 Å². The highest BCUT2D eigenvalue weighted by atomic mass is 35.5. The number of benzene rings is 2. The number of nitrogens with one attached hydrogen (secondary N) is 3.